The summed E-state index contributed by atoms with van der Waals surface area (Å²) in [5, 5.41) is 0. The van der Waals surface area contributed by atoms with Gasteiger partial charge in [-0.3, -0.25) is 4.98 Å². The van der Waals surface area contributed by atoms with Crippen molar-refractivity contribution >= 4 is 21.9 Å². The summed E-state index contributed by atoms with van der Waals surface area (Å²) in [6.45, 7) is 2.19. The molecule has 0 bridgehead atoms. The number of benzene rings is 1. The van der Waals surface area contributed by atoms with Gasteiger partial charge >= 0.3 is 5.97 Å². The molecule has 3 nitrogen and oxygen atoms in total. The summed E-state index contributed by atoms with van der Waals surface area (Å²) < 4.78 is 6.09. The maximum Gasteiger partial charge on any atom is 0.345 e. The fourth-order valence-electron chi connectivity index (χ4n) is 1.99. The highest BCUT2D eigenvalue weighted by molar-refractivity contribution is 9.10. The number of nitrogens with zero attached hydrogens (tertiary/aromatic N) is 1. The zero-order chi connectivity index (χ0) is 15.1. The number of aryl methyl sites for hydroxylation is 1. The van der Waals surface area contributed by atoms with Crippen molar-refractivity contribution in [3.63, 3.8) is 0 Å². The molecule has 21 heavy (non-hydrogen) atoms. The molecule has 1 aromatic carbocycles. The van der Waals surface area contributed by atoms with Gasteiger partial charge in [-0.1, -0.05) is 31.9 Å². The summed E-state index contributed by atoms with van der Waals surface area (Å²) >= 11 is 3.29. The van der Waals surface area contributed by atoms with E-state index < -0.39 is 5.97 Å². The second kappa shape index (κ2) is 7.93. The fourth-order valence-corrected chi connectivity index (χ4v) is 2.36. The highest BCUT2D eigenvalue weighted by atomic mass is 79.9. The first kappa shape index (κ1) is 15.7. The molecule has 0 atom stereocenters. The first-order valence-corrected chi connectivity index (χ1v) is 7.90. The maximum atomic E-state index is 12.0. The Hall–Kier alpha value is -1.68. The lowest BCUT2D eigenvalue weighted by atomic mass is 10.1. The highest BCUT2D eigenvalue weighted by Gasteiger charge is 2.09. The molecular formula is C17H18BrNO2. The summed E-state index contributed by atoms with van der Waals surface area (Å²) in [6.07, 6.45) is 7.84. The van der Waals surface area contributed by atoms with E-state index in [1.807, 2.05) is 24.3 Å². The van der Waals surface area contributed by atoms with Crippen LogP contribution in [0.15, 0.2) is 47.2 Å². The Morgan fingerprint density at radius 2 is 1.95 bits per heavy atom. The van der Waals surface area contributed by atoms with E-state index in [2.05, 4.69) is 27.8 Å². The van der Waals surface area contributed by atoms with Gasteiger partial charge in [-0.25, -0.2) is 4.79 Å². The Labute approximate surface area is 133 Å². The van der Waals surface area contributed by atoms with E-state index in [1.54, 1.807) is 12.3 Å². The third-order valence-electron chi connectivity index (χ3n) is 3.14. The summed E-state index contributed by atoms with van der Waals surface area (Å²) in [5.74, 6) is 0.154. The Balaban J connectivity index is 1.95. The van der Waals surface area contributed by atoms with E-state index in [9.17, 15) is 4.79 Å². The smallest absolute Gasteiger partial charge is 0.345 e. The molecule has 0 aliphatic carbocycles. The largest absolute Gasteiger partial charge is 0.423 e. The Morgan fingerprint density at radius 1 is 1.19 bits per heavy atom. The Morgan fingerprint density at radius 3 is 2.62 bits per heavy atom. The van der Waals surface area contributed by atoms with Gasteiger partial charge in [0.25, 0.3) is 0 Å². The van der Waals surface area contributed by atoms with Gasteiger partial charge in [0.05, 0.1) is 5.56 Å². The van der Waals surface area contributed by atoms with Crippen LogP contribution in [0.3, 0.4) is 0 Å². The minimum atomic E-state index is -0.400. The molecule has 0 spiro atoms. The number of esters is 1. The fraction of sp³-hybridized carbons (Fsp3) is 0.294. The van der Waals surface area contributed by atoms with E-state index in [1.165, 1.54) is 31.0 Å². The summed E-state index contributed by atoms with van der Waals surface area (Å²) in [6, 6.07) is 9.39. The number of aromatic nitrogens is 1. The van der Waals surface area contributed by atoms with Gasteiger partial charge in [0.2, 0.25) is 0 Å². The topological polar surface area (TPSA) is 39.2 Å². The minimum Gasteiger partial charge on any atom is -0.423 e. The van der Waals surface area contributed by atoms with Gasteiger partial charge in [0, 0.05) is 16.9 Å². The summed E-state index contributed by atoms with van der Waals surface area (Å²) in [7, 11) is 0. The van der Waals surface area contributed by atoms with E-state index in [0.717, 1.165) is 10.9 Å². The number of halogens is 1. The van der Waals surface area contributed by atoms with Crippen molar-refractivity contribution in [3.05, 3.63) is 58.3 Å². The first-order valence-electron chi connectivity index (χ1n) is 7.10. The van der Waals surface area contributed by atoms with E-state index in [4.69, 9.17) is 4.74 Å². The average molecular weight is 348 g/mol. The molecule has 0 unspecified atom stereocenters. The van der Waals surface area contributed by atoms with Crippen LogP contribution in [0.1, 0.15) is 42.1 Å². The van der Waals surface area contributed by atoms with E-state index >= 15 is 0 Å². The first-order chi connectivity index (χ1) is 10.2. The van der Waals surface area contributed by atoms with Crippen molar-refractivity contribution in [2.45, 2.75) is 32.6 Å². The monoisotopic (exact) mass is 347 g/mol. The van der Waals surface area contributed by atoms with Gasteiger partial charge in [-0.05, 0) is 52.5 Å². The lowest BCUT2D eigenvalue weighted by Gasteiger charge is -2.06. The number of hydrogen-bond donors (Lipinski definition) is 0. The van der Waals surface area contributed by atoms with Crippen LogP contribution in [0.5, 0.6) is 5.75 Å². The van der Waals surface area contributed by atoms with Crippen LogP contribution in [-0.4, -0.2) is 11.0 Å². The molecule has 0 amide bonds. The quantitative estimate of drug-likeness (QED) is 0.428. The second-order valence-corrected chi connectivity index (χ2v) is 5.80. The molecule has 0 saturated carbocycles. The molecule has 4 heteroatoms. The van der Waals surface area contributed by atoms with Crippen LogP contribution in [0.25, 0.3) is 0 Å². The molecule has 0 fully saturated rings. The third kappa shape index (κ3) is 4.97. The maximum absolute atomic E-state index is 12.0. The van der Waals surface area contributed by atoms with Crippen molar-refractivity contribution < 1.29 is 9.53 Å². The Kier molecular flexibility index (Phi) is 5.93. The molecule has 0 saturated heterocycles. The molecule has 0 radical (unpaired) electrons. The Bertz CT molecular complexity index is 596. The lowest BCUT2D eigenvalue weighted by molar-refractivity contribution is 0.0734. The van der Waals surface area contributed by atoms with Gasteiger partial charge in [0.1, 0.15) is 5.75 Å². The number of ether oxygens (including phenoxy) is 1. The molecule has 1 heterocycles. The predicted molar refractivity (Wildman–Crippen MR) is 86.6 cm³/mol. The zero-order valence-corrected chi connectivity index (χ0v) is 13.6. The zero-order valence-electron chi connectivity index (χ0n) is 12.0. The van der Waals surface area contributed by atoms with Crippen LogP contribution in [0.2, 0.25) is 0 Å². The van der Waals surface area contributed by atoms with Gasteiger partial charge in [-0.15, -0.1) is 0 Å². The van der Waals surface area contributed by atoms with E-state index in [0.29, 0.717) is 11.3 Å². The molecular weight excluding hydrogens is 330 g/mol. The van der Waals surface area contributed by atoms with Crippen molar-refractivity contribution in [3.8, 4) is 5.75 Å². The molecule has 0 N–H and O–H groups in total. The van der Waals surface area contributed by atoms with Crippen LogP contribution in [-0.2, 0) is 6.42 Å². The van der Waals surface area contributed by atoms with Crippen LogP contribution < -0.4 is 4.74 Å². The van der Waals surface area contributed by atoms with Crippen LogP contribution in [0, 0.1) is 0 Å². The molecule has 0 aliphatic rings. The van der Waals surface area contributed by atoms with Crippen molar-refractivity contribution in [1.29, 1.82) is 0 Å². The van der Waals surface area contributed by atoms with Crippen LogP contribution >= 0.6 is 15.9 Å². The summed E-state index contributed by atoms with van der Waals surface area (Å²) in [5.41, 5.74) is 1.70. The normalized spacial score (nSPS) is 10.4. The number of carbonyl (C=O) groups is 1. The molecule has 2 aromatic rings. The molecule has 1 aromatic heterocycles. The van der Waals surface area contributed by atoms with Gasteiger partial charge in [-0.2, -0.15) is 0 Å². The number of carbonyl (C=O) groups excluding carboxylic acids is 1. The van der Waals surface area contributed by atoms with Crippen molar-refractivity contribution in [2.24, 2.45) is 0 Å². The van der Waals surface area contributed by atoms with Crippen molar-refractivity contribution in [1.82, 2.24) is 4.98 Å². The molecule has 0 aliphatic heterocycles. The van der Waals surface area contributed by atoms with E-state index in [-0.39, 0.29) is 0 Å². The molecule has 110 valence electrons. The minimum absolute atomic E-state index is 0.400. The average Bonchev–Trinajstić information content (AvgIpc) is 2.49. The lowest BCUT2D eigenvalue weighted by Crippen LogP contribution is -2.08. The number of hydrogen-bond acceptors (Lipinski definition) is 3. The number of rotatable bonds is 6. The summed E-state index contributed by atoms with van der Waals surface area (Å²) in [4.78, 5) is 15.9. The van der Waals surface area contributed by atoms with Gasteiger partial charge < -0.3 is 4.74 Å². The SMILES string of the molecule is CCCCCc1ccc(OC(=O)c2cncc(Br)c2)cc1. The highest BCUT2D eigenvalue weighted by Crippen LogP contribution is 2.17. The number of unbranched alkanes of at least 4 members (excludes halogenated alkanes) is 2. The van der Waals surface area contributed by atoms with Crippen LogP contribution in [0.4, 0.5) is 0 Å². The van der Waals surface area contributed by atoms with Gasteiger partial charge in [0.15, 0.2) is 0 Å². The number of pyridine rings is 1. The second-order valence-electron chi connectivity index (χ2n) is 4.88. The molecule has 2 rings (SSSR count). The predicted octanol–water partition coefficient (Wildman–Crippen LogP) is 4.80. The third-order valence-corrected chi connectivity index (χ3v) is 3.58. The standard InChI is InChI=1S/C17H18BrNO2/c1-2-3-4-5-13-6-8-16(9-7-13)21-17(20)14-10-15(18)12-19-11-14/h6-12H,2-5H2,1H3. The van der Waals surface area contributed by atoms with Crippen molar-refractivity contribution in [2.75, 3.05) is 0 Å².